The van der Waals surface area contributed by atoms with Gasteiger partial charge >= 0.3 is 0 Å². The Hall–Kier alpha value is -1.82. The summed E-state index contributed by atoms with van der Waals surface area (Å²) in [5, 5.41) is 12.0. The van der Waals surface area contributed by atoms with Crippen LogP contribution in [0, 0.1) is 11.3 Å². The van der Waals surface area contributed by atoms with Gasteiger partial charge in [-0.25, -0.2) is 4.99 Å². The lowest BCUT2D eigenvalue weighted by Gasteiger charge is -2.06. The molecule has 3 nitrogen and oxygen atoms in total. The van der Waals surface area contributed by atoms with Crippen LogP contribution in [-0.4, -0.2) is 17.9 Å². The van der Waals surface area contributed by atoms with Crippen molar-refractivity contribution in [3.05, 3.63) is 35.9 Å². The fraction of sp³-hybridized carbons (Fsp3) is 0.273. The van der Waals surface area contributed by atoms with E-state index >= 15 is 0 Å². The Balaban J connectivity index is 2.27. The van der Waals surface area contributed by atoms with Crippen molar-refractivity contribution in [2.24, 2.45) is 4.99 Å². The SMILES string of the molecule is CC1NC(c2ccccc2)=NC1C#N. The van der Waals surface area contributed by atoms with Gasteiger partial charge in [0, 0.05) is 5.56 Å². The third kappa shape index (κ3) is 1.47. The van der Waals surface area contributed by atoms with Crippen molar-refractivity contribution in [2.45, 2.75) is 19.0 Å². The molecule has 2 rings (SSSR count). The Bertz CT molecular complexity index is 389. The fourth-order valence-corrected chi connectivity index (χ4v) is 1.48. The van der Waals surface area contributed by atoms with Crippen molar-refractivity contribution >= 4 is 5.84 Å². The molecular weight excluding hydrogens is 174 g/mol. The van der Waals surface area contributed by atoms with Gasteiger partial charge in [0.1, 0.15) is 5.84 Å². The van der Waals surface area contributed by atoms with E-state index in [0.29, 0.717) is 0 Å². The van der Waals surface area contributed by atoms with Crippen molar-refractivity contribution in [3.8, 4) is 6.07 Å². The van der Waals surface area contributed by atoms with E-state index in [1.165, 1.54) is 0 Å². The van der Waals surface area contributed by atoms with Gasteiger partial charge in [-0.3, -0.25) is 0 Å². The van der Waals surface area contributed by atoms with E-state index < -0.39 is 0 Å². The lowest BCUT2D eigenvalue weighted by Crippen LogP contribution is -2.31. The molecule has 0 bridgehead atoms. The minimum absolute atomic E-state index is 0.107. The molecule has 1 heterocycles. The second-order valence-electron chi connectivity index (χ2n) is 3.35. The molecule has 0 saturated carbocycles. The largest absolute Gasteiger partial charge is 0.364 e. The summed E-state index contributed by atoms with van der Waals surface area (Å²) in [5.41, 5.74) is 1.04. The molecule has 14 heavy (non-hydrogen) atoms. The highest BCUT2D eigenvalue weighted by atomic mass is 15.1. The highest BCUT2D eigenvalue weighted by Gasteiger charge is 2.24. The summed E-state index contributed by atoms with van der Waals surface area (Å²) in [4.78, 5) is 4.30. The van der Waals surface area contributed by atoms with Crippen LogP contribution >= 0.6 is 0 Å². The summed E-state index contributed by atoms with van der Waals surface area (Å²) in [7, 11) is 0. The van der Waals surface area contributed by atoms with Gasteiger partial charge in [0.15, 0.2) is 6.04 Å². The van der Waals surface area contributed by atoms with E-state index in [1.807, 2.05) is 37.3 Å². The number of hydrogen-bond donors (Lipinski definition) is 1. The molecule has 0 fully saturated rings. The molecule has 1 aliphatic heterocycles. The van der Waals surface area contributed by atoms with E-state index in [2.05, 4.69) is 16.4 Å². The van der Waals surface area contributed by atoms with Gasteiger partial charge in [0.25, 0.3) is 0 Å². The van der Waals surface area contributed by atoms with E-state index in [-0.39, 0.29) is 12.1 Å². The van der Waals surface area contributed by atoms with Crippen molar-refractivity contribution in [2.75, 3.05) is 0 Å². The third-order valence-electron chi connectivity index (χ3n) is 2.29. The topological polar surface area (TPSA) is 48.2 Å². The molecule has 0 aliphatic carbocycles. The minimum Gasteiger partial charge on any atom is -0.364 e. The molecule has 0 aromatic heterocycles. The lowest BCUT2D eigenvalue weighted by atomic mass is 10.2. The van der Waals surface area contributed by atoms with Crippen molar-refractivity contribution in [3.63, 3.8) is 0 Å². The molecule has 2 atom stereocenters. The Kier molecular flexibility index (Phi) is 2.19. The second-order valence-corrected chi connectivity index (χ2v) is 3.35. The Morgan fingerprint density at radius 1 is 1.36 bits per heavy atom. The van der Waals surface area contributed by atoms with Crippen LogP contribution < -0.4 is 5.32 Å². The molecule has 0 spiro atoms. The van der Waals surface area contributed by atoms with Gasteiger partial charge < -0.3 is 5.32 Å². The predicted molar refractivity (Wildman–Crippen MR) is 55.0 cm³/mol. The summed E-state index contributed by atoms with van der Waals surface area (Å²) in [6.07, 6.45) is 0. The third-order valence-corrected chi connectivity index (χ3v) is 2.29. The van der Waals surface area contributed by atoms with Gasteiger partial charge in [0.05, 0.1) is 12.1 Å². The van der Waals surface area contributed by atoms with Crippen LogP contribution in [0.15, 0.2) is 35.3 Å². The van der Waals surface area contributed by atoms with Crippen molar-refractivity contribution < 1.29 is 0 Å². The Labute approximate surface area is 83.1 Å². The molecular formula is C11H11N3. The molecule has 0 radical (unpaired) electrons. The number of rotatable bonds is 1. The second kappa shape index (κ2) is 3.51. The number of hydrogen-bond acceptors (Lipinski definition) is 3. The molecule has 0 amide bonds. The summed E-state index contributed by atoms with van der Waals surface area (Å²) < 4.78 is 0. The zero-order valence-corrected chi connectivity index (χ0v) is 7.94. The Morgan fingerprint density at radius 3 is 2.64 bits per heavy atom. The normalized spacial score (nSPS) is 25.0. The van der Waals surface area contributed by atoms with Crippen LogP contribution in [0.25, 0.3) is 0 Å². The number of nitrogens with one attached hydrogen (secondary N) is 1. The molecule has 1 N–H and O–H groups in total. The predicted octanol–water partition coefficient (Wildman–Crippen LogP) is 1.32. The fourth-order valence-electron chi connectivity index (χ4n) is 1.48. The monoisotopic (exact) mass is 185 g/mol. The van der Waals surface area contributed by atoms with Crippen LogP contribution in [0.5, 0.6) is 0 Å². The summed E-state index contributed by atoms with van der Waals surface area (Å²) in [5.74, 6) is 0.824. The molecule has 3 heteroatoms. The molecule has 1 aromatic rings. The minimum atomic E-state index is -0.259. The van der Waals surface area contributed by atoms with Crippen LogP contribution in [-0.2, 0) is 0 Å². The molecule has 1 aromatic carbocycles. The molecule has 0 saturated heterocycles. The van der Waals surface area contributed by atoms with Crippen molar-refractivity contribution in [1.29, 1.82) is 5.26 Å². The first-order valence-corrected chi connectivity index (χ1v) is 4.60. The Morgan fingerprint density at radius 2 is 2.07 bits per heavy atom. The van der Waals surface area contributed by atoms with Gasteiger partial charge in [-0.15, -0.1) is 0 Å². The number of nitrogens with zero attached hydrogens (tertiary/aromatic N) is 2. The average molecular weight is 185 g/mol. The van der Waals surface area contributed by atoms with E-state index in [0.717, 1.165) is 11.4 Å². The zero-order valence-electron chi connectivity index (χ0n) is 7.94. The first-order valence-electron chi connectivity index (χ1n) is 4.60. The zero-order chi connectivity index (χ0) is 9.97. The van der Waals surface area contributed by atoms with Gasteiger partial charge in [-0.1, -0.05) is 30.3 Å². The van der Waals surface area contributed by atoms with Crippen LogP contribution in [0.2, 0.25) is 0 Å². The molecule has 70 valence electrons. The van der Waals surface area contributed by atoms with Crippen LogP contribution in [0.4, 0.5) is 0 Å². The molecule has 1 aliphatic rings. The van der Waals surface area contributed by atoms with E-state index in [4.69, 9.17) is 5.26 Å². The number of amidine groups is 1. The van der Waals surface area contributed by atoms with E-state index in [9.17, 15) is 0 Å². The maximum absolute atomic E-state index is 8.80. The van der Waals surface area contributed by atoms with E-state index in [1.54, 1.807) is 0 Å². The van der Waals surface area contributed by atoms with Crippen LogP contribution in [0.3, 0.4) is 0 Å². The lowest BCUT2D eigenvalue weighted by molar-refractivity contribution is 0.651. The number of aliphatic imine (C=N–C) groups is 1. The van der Waals surface area contributed by atoms with Gasteiger partial charge in [-0.05, 0) is 6.92 Å². The highest BCUT2D eigenvalue weighted by molar-refractivity contribution is 6.00. The summed E-state index contributed by atoms with van der Waals surface area (Å²) in [6.45, 7) is 1.97. The number of benzene rings is 1. The maximum Gasteiger partial charge on any atom is 0.158 e. The summed E-state index contributed by atoms with van der Waals surface area (Å²) in [6, 6.07) is 11.9. The smallest absolute Gasteiger partial charge is 0.158 e. The van der Waals surface area contributed by atoms with Crippen LogP contribution in [0.1, 0.15) is 12.5 Å². The van der Waals surface area contributed by atoms with Gasteiger partial charge in [-0.2, -0.15) is 5.26 Å². The molecule has 2 unspecified atom stereocenters. The highest BCUT2D eigenvalue weighted by Crippen LogP contribution is 2.10. The first kappa shape index (κ1) is 8.76. The number of nitriles is 1. The standard InChI is InChI=1S/C11H11N3/c1-8-10(7-12)14-11(13-8)9-5-3-2-4-6-9/h2-6,8,10H,1H3,(H,13,14). The summed E-state index contributed by atoms with van der Waals surface area (Å²) >= 11 is 0. The quantitative estimate of drug-likeness (QED) is 0.717. The maximum atomic E-state index is 8.80. The average Bonchev–Trinajstić information content (AvgIpc) is 2.61. The van der Waals surface area contributed by atoms with Crippen molar-refractivity contribution in [1.82, 2.24) is 5.32 Å². The van der Waals surface area contributed by atoms with Gasteiger partial charge in [0.2, 0.25) is 0 Å². The first-order chi connectivity index (χ1) is 6.81.